The van der Waals surface area contributed by atoms with Crippen LogP contribution in [-0.4, -0.2) is 10.2 Å². The summed E-state index contributed by atoms with van der Waals surface area (Å²) in [4.78, 5) is 0. The van der Waals surface area contributed by atoms with Crippen molar-refractivity contribution in [2.75, 3.05) is 0 Å². The summed E-state index contributed by atoms with van der Waals surface area (Å²) in [5.41, 5.74) is 1.22. The normalized spacial score (nSPS) is 11.5. The van der Waals surface area contributed by atoms with Crippen LogP contribution in [-0.2, 0) is 0 Å². The standard InChI is InChI=1S/C17H16O2/c1-10(2)13-7-8-16(19)17-14-6-4-12(18)9-11(14)3-5-15(13)17/h3-10,18-19H,1-2H3. The van der Waals surface area contributed by atoms with Gasteiger partial charge in [0.05, 0.1) is 0 Å². The zero-order valence-electron chi connectivity index (χ0n) is 11.0. The van der Waals surface area contributed by atoms with Gasteiger partial charge in [-0.1, -0.05) is 32.0 Å². The molecule has 0 fully saturated rings. The molecule has 0 amide bonds. The summed E-state index contributed by atoms with van der Waals surface area (Å²) in [5, 5.41) is 23.6. The Morgan fingerprint density at radius 1 is 0.842 bits per heavy atom. The van der Waals surface area contributed by atoms with E-state index in [1.54, 1.807) is 18.2 Å². The average molecular weight is 252 g/mol. The molecule has 0 spiro atoms. The van der Waals surface area contributed by atoms with Crippen molar-refractivity contribution in [3.05, 3.63) is 48.0 Å². The van der Waals surface area contributed by atoms with E-state index in [9.17, 15) is 10.2 Å². The van der Waals surface area contributed by atoms with Crippen molar-refractivity contribution < 1.29 is 10.2 Å². The van der Waals surface area contributed by atoms with Crippen LogP contribution in [0.25, 0.3) is 21.5 Å². The molecule has 0 aromatic heterocycles. The fraction of sp³-hybridized carbons (Fsp3) is 0.176. The highest BCUT2D eigenvalue weighted by atomic mass is 16.3. The maximum absolute atomic E-state index is 10.2. The Hall–Kier alpha value is -2.22. The first-order chi connectivity index (χ1) is 9.08. The molecule has 0 aliphatic rings. The molecule has 3 rings (SSSR count). The fourth-order valence-electron chi connectivity index (χ4n) is 2.68. The molecule has 0 heterocycles. The minimum Gasteiger partial charge on any atom is -0.508 e. The van der Waals surface area contributed by atoms with Gasteiger partial charge in [0.25, 0.3) is 0 Å². The predicted octanol–water partition coefficient (Wildman–Crippen LogP) is 4.53. The van der Waals surface area contributed by atoms with Crippen LogP contribution in [0.4, 0.5) is 0 Å². The molecule has 0 bridgehead atoms. The van der Waals surface area contributed by atoms with Gasteiger partial charge in [0, 0.05) is 5.39 Å². The molecule has 2 heteroatoms. The lowest BCUT2D eigenvalue weighted by molar-refractivity contribution is 0.476. The number of phenols is 2. The van der Waals surface area contributed by atoms with Crippen LogP contribution >= 0.6 is 0 Å². The summed E-state index contributed by atoms with van der Waals surface area (Å²) >= 11 is 0. The first kappa shape index (κ1) is 11.8. The quantitative estimate of drug-likeness (QED) is 0.625. The fourth-order valence-corrected chi connectivity index (χ4v) is 2.68. The number of hydrogen-bond acceptors (Lipinski definition) is 2. The number of fused-ring (bicyclic) bond motifs is 3. The van der Waals surface area contributed by atoms with Crippen molar-refractivity contribution in [2.45, 2.75) is 19.8 Å². The number of benzene rings is 3. The molecule has 19 heavy (non-hydrogen) atoms. The molecule has 2 nitrogen and oxygen atoms in total. The van der Waals surface area contributed by atoms with Gasteiger partial charge in [0.1, 0.15) is 11.5 Å². The molecule has 96 valence electrons. The van der Waals surface area contributed by atoms with E-state index in [2.05, 4.69) is 13.8 Å². The van der Waals surface area contributed by atoms with E-state index in [0.29, 0.717) is 5.92 Å². The molecule has 3 aromatic rings. The van der Waals surface area contributed by atoms with E-state index in [0.717, 1.165) is 21.5 Å². The van der Waals surface area contributed by atoms with E-state index < -0.39 is 0 Å². The molecule has 0 saturated carbocycles. The molecule has 0 radical (unpaired) electrons. The van der Waals surface area contributed by atoms with Crippen molar-refractivity contribution in [2.24, 2.45) is 0 Å². The number of rotatable bonds is 1. The second kappa shape index (κ2) is 4.16. The molecular weight excluding hydrogens is 236 g/mol. The van der Waals surface area contributed by atoms with Crippen molar-refractivity contribution in [3.8, 4) is 11.5 Å². The minimum absolute atomic E-state index is 0.242. The van der Waals surface area contributed by atoms with Crippen LogP contribution in [0.5, 0.6) is 11.5 Å². The van der Waals surface area contributed by atoms with Gasteiger partial charge in [-0.05, 0) is 51.9 Å². The third-order valence-electron chi connectivity index (χ3n) is 3.61. The highest BCUT2D eigenvalue weighted by Crippen LogP contribution is 2.37. The smallest absolute Gasteiger partial charge is 0.124 e. The van der Waals surface area contributed by atoms with Gasteiger partial charge in [-0.25, -0.2) is 0 Å². The summed E-state index contributed by atoms with van der Waals surface area (Å²) in [6.45, 7) is 4.29. The highest BCUT2D eigenvalue weighted by Gasteiger charge is 2.11. The van der Waals surface area contributed by atoms with E-state index in [1.165, 1.54) is 5.56 Å². The minimum atomic E-state index is 0.242. The first-order valence-corrected chi connectivity index (χ1v) is 6.45. The van der Waals surface area contributed by atoms with Gasteiger partial charge in [-0.15, -0.1) is 0 Å². The van der Waals surface area contributed by atoms with Crippen LogP contribution in [0.2, 0.25) is 0 Å². The topological polar surface area (TPSA) is 40.5 Å². The van der Waals surface area contributed by atoms with Crippen LogP contribution in [0.3, 0.4) is 0 Å². The lowest BCUT2D eigenvalue weighted by atomic mass is 9.92. The van der Waals surface area contributed by atoms with Crippen LogP contribution in [0.15, 0.2) is 42.5 Å². The monoisotopic (exact) mass is 252 g/mol. The van der Waals surface area contributed by atoms with Crippen molar-refractivity contribution in [1.82, 2.24) is 0 Å². The Bertz CT molecular complexity index is 773. The number of phenolic OH excluding ortho intramolecular Hbond substituents is 2. The molecule has 3 aromatic carbocycles. The SMILES string of the molecule is CC(C)c1ccc(O)c2c1ccc1cc(O)ccc12. The van der Waals surface area contributed by atoms with Gasteiger partial charge >= 0.3 is 0 Å². The van der Waals surface area contributed by atoms with Crippen molar-refractivity contribution in [1.29, 1.82) is 0 Å². The Morgan fingerprint density at radius 3 is 2.32 bits per heavy atom. The summed E-state index contributed by atoms with van der Waals surface area (Å²) in [6, 6.07) is 13.0. The third-order valence-corrected chi connectivity index (χ3v) is 3.61. The highest BCUT2D eigenvalue weighted by molar-refractivity contribution is 6.11. The molecule has 2 N–H and O–H groups in total. The van der Waals surface area contributed by atoms with Crippen molar-refractivity contribution >= 4 is 21.5 Å². The molecular formula is C17H16O2. The maximum atomic E-state index is 10.2. The number of hydrogen-bond donors (Lipinski definition) is 2. The molecule has 0 aliphatic heterocycles. The Labute approximate surface area is 111 Å². The van der Waals surface area contributed by atoms with Gasteiger partial charge < -0.3 is 10.2 Å². The lowest BCUT2D eigenvalue weighted by Crippen LogP contribution is -1.90. The third kappa shape index (κ3) is 1.80. The predicted molar refractivity (Wildman–Crippen MR) is 78.9 cm³/mol. The van der Waals surface area contributed by atoms with Crippen LogP contribution < -0.4 is 0 Å². The van der Waals surface area contributed by atoms with Gasteiger partial charge in [-0.2, -0.15) is 0 Å². The summed E-state index contributed by atoms with van der Waals surface area (Å²) in [5.74, 6) is 0.930. The second-order valence-corrected chi connectivity index (χ2v) is 5.22. The van der Waals surface area contributed by atoms with E-state index in [1.807, 2.05) is 24.3 Å². The molecule has 0 saturated heterocycles. The summed E-state index contributed by atoms with van der Waals surface area (Å²) in [7, 11) is 0. The summed E-state index contributed by atoms with van der Waals surface area (Å²) in [6.07, 6.45) is 0. The first-order valence-electron chi connectivity index (χ1n) is 6.45. The lowest BCUT2D eigenvalue weighted by Gasteiger charge is -2.13. The van der Waals surface area contributed by atoms with Crippen molar-refractivity contribution in [3.63, 3.8) is 0 Å². The average Bonchev–Trinajstić information content (AvgIpc) is 2.38. The van der Waals surface area contributed by atoms with Crippen LogP contribution in [0.1, 0.15) is 25.3 Å². The van der Waals surface area contributed by atoms with Gasteiger partial charge in [0.2, 0.25) is 0 Å². The maximum Gasteiger partial charge on any atom is 0.124 e. The van der Waals surface area contributed by atoms with E-state index in [4.69, 9.17) is 0 Å². The zero-order valence-corrected chi connectivity index (χ0v) is 11.0. The summed E-state index contributed by atoms with van der Waals surface area (Å²) < 4.78 is 0. The largest absolute Gasteiger partial charge is 0.508 e. The van der Waals surface area contributed by atoms with Gasteiger partial charge in [-0.3, -0.25) is 0 Å². The Balaban J connectivity index is 2.51. The number of aromatic hydroxyl groups is 2. The molecule has 0 unspecified atom stereocenters. The van der Waals surface area contributed by atoms with E-state index >= 15 is 0 Å². The zero-order chi connectivity index (χ0) is 13.6. The van der Waals surface area contributed by atoms with Crippen LogP contribution in [0, 0.1) is 0 Å². The Kier molecular flexibility index (Phi) is 2.59. The molecule has 0 aliphatic carbocycles. The second-order valence-electron chi connectivity index (χ2n) is 5.22. The molecule has 0 atom stereocenters. The Morgan fingerprint density at radius 2 is 1.58 bits per heavy atom. The van der Waals surface area contributed by atoms with Gasteiger partial charge in [0.15, 0.2) is 0 Å². The van der Waals surface area contributed by atoms with E-state index in [-0.39, 0.29) is 11.5 Å².